The lowest BCUT2D eigenvalue weighted by Gasteiger charge is -2.25. The molecule has 0 bridgehead atoms. The van der Waals surface area contributed by atoms with E-state index in [0.717, 1.165) is 6.42 Å². The van der Waals surface area contributed by atoms with Gasteiger partial charge in [-0.1, -0.05) is 0 Å². The number of rotatable bonds is 1. The van der Waals surface area contributed by atoms with Crippen molar-refractivity contribution in [2.75, 3.05) is 29.9 Å². The molecule has 2 aliphatic rings. The molecule has 20 heavy (non-hydrogen) atoms. The van der Waals surface area contributed by atoms with E-state index >= 15 is 0 Å². The molecule has 2 unspecified atom stereocenters. The van der Waals surface area contributed by atoms with E-state index in [1.54, 1.807) is 6.07 Å². The number of hydrogen-bond acceptors (Lipinski definition) is 4. The summed E-state index contributed by atoms with van der Waals surface area (Å²) in [4.78, 5) is 13.3. The quantitative estimate of drug-likeness (QED) is 0.817. The second-order valence-corrected chi connectivity index (χ2v) is 5.26. The van der Waals surface area contributed by atoms with Gasteiger partial charge >= 0.3 is 0 Å². The average molecular weight is 280 g/mol. The Bertz CT molecular complexity index is 549. The highest BCUT2D eigenvalue weighted by Gasteiger charge is 2.31. The van der Waals surface area contributed by atoms with Crippen molar-refractivity contribution < 1.29 is 19.0 Å². The lowest BCUT2D eigenvalue weighted by molar-refractivity contribution is -0.123. The van der Waals surface area contributed by atoms with Crippen LogP contribution in [0.3, 0.4) is 0 Å². The van der Waals surface area contributed by atoms with Gasteiger partial charge in [0, 0.05) is 30.9 Å². The van der Waals surface area contributed by atoms with E-state index in [2.05, 4.69) is 5.32 Å². The molecule has 2 N–H and O–H groups in total. The molecule has 2 atom stereocenters. The van der Waals surface area contributed by atoms with E-state index in [-0.39, 0.29) is 6.10 Å². The Hall–Kier alpha value is -1.66. The number of carbonyl (C=O) groups is 1. The summed E-state index contributed by atoms with van der Waals surface area (Å²) in [6.07, 6.45) is -0.416. The lowest BCUT2D eigenvalue weighted by atomic mass is 10.1. The molecule has 0 aliphatic carbocycles. The van der Waals surface area contributed by atoms with Crippen LogP contribution in [-0.2, 0) is 9.53 Å². The molecular formula is C14H17FN2O3. The van der Waals surface area contributed by atoms with Gasteiger partial charge in [-0.3, -0.25) is 4.79 Å². The molecule has 108 valence electrons. The molecule has 1 amide bonds. The number of fused-ring (bicyclic) bond motifs is 1. The van der Waals surface area contributed by atoms with Gasteiger partial charge in [0.15, 0.2) is 6.10 Å². The SMILES string of the molecule is CC1CN(c2cc3c(cc2F)C(O)C(=O)N3)CCCO1. The smallest absolute Gasteiger partial charge is 0.257 e. The maximum atomic E-state index is 14.3. The van der Waals surface area contributed by atoms with Crippen molar-refractivity contribution in [3.63, 3.8) is 0 Å². The number of hydrogen-bond donors (Lipinski definition) is 2. The van der Waals surface area contributed by atoms with Gasteiger partial charge in [0.2, 0.25) is 0 Å². The Morgan fingerprint density at radius 3 is 3.10 bits per heavy atom. The van der Waals surface area contributed by atoms with Gasteiger partial charge in [-0.2, -0.15) is 0 Å². The molecule has 6 heteroatoms. The first-order valence-electron chi connectivity index (χ1n) is 6.75. The molecule has 2 aliphatic heterocycles. The van der Waals surface area contributed by atoms with Crippen molar-refractivity contribution in [2.24, 2.45) is 0 Å². The molecule has 0 radical (unpaired) electrons. The minimum Gasteiger partial charge on any atom is -0.378 e. The largest absolute Gasteiger partial charge is 0.378 e. The van der Waals surface area contributed by atoms with Crippen LogP contribution in [0.25, 0.3) is 0 Å². The molecule has 1 aromatic rings. The number of amides is 1. The third-order valence-electron chi connectivity index (χ3n) is 3.71. The van der Waals surface area contributed by atoms with Crippen molar-refractivity contribution in [3.05, 3.63) is 23.5 Å². The minimum atomic E-state index is -1.28. The molecule has 0 aromatic heterocycles. The molecule has 5 nitrogen and oxygen atoms in total. The van der Waals surface area contributed by atoms with Gasteiger partial charge in [-0.15, -0.1) is 0 Å². The van der Waals surface area contributed by atoms with Crippen LogP contribution in [0.2, 0.25) is 0 Å². The first kappa shape index (κ1) is 13.3. The van der Waals surface area contributed by atoms with Crippen LogP contribution >= 0.6 is 0 Å². The fourth-order valence-electron chi connectivity index (χ4n) is 2.71. The molecule has 3 rings (SSSR count). The summed E-state index contributed by atoms with van der Waals surface area (Å²) in [5, 5.41) is 12.2. The Labute approximate surface area is 116 Å². The fourth-order valence-corrected chi connectivity index (χ4v) is 2.71. The van der Waals surface area contributed by atoms with Gasteiger partial charge in [0.05, 0.1) is 11.8 Å². The first-order valence-corrected chi connectivity index (χ1v) is 6.75. The van der Waals surface area contributed by atoms with Gasteiger partial charge in [0.25, 0.3) is 5.91 Å². The second kappa shape index (κ2) is 5.03. The average Bonchev–Trinajstić information content (AvgIpc) is 2.59. The molecular weight excluding hydrogens is 263 g/mol. The van der Waals surface area contributed by atoms with E-state index in [1.807, 2.05) is 11.8 Å². The molecule has 0 spiro atoms. The lowest BCUT2D eigenvalue weighted by Crippen LogP contribution is -2.30. The number of benzene rings is 1. The van der Waals surface area contributed by atoms with E-state index in [4.69, 9.17) is 4.74 Å². The van der Waals surface area contributed by atoms with Crippen molar-refractivity contribution in [2.45, 2.75) is 25.6 Å². The summed E-state index contributed by atoms with van der Waals surface area (Å²) >= 11 is 0. The monoisotopic (exact) mass is 280 g/mol. The fraction of sp³-hybridized carbons (Fsp3) is 0.500. The third-order valence-corrected chi connectivity index (χ3v) is 3.71. The van der Waals surface area contributed by atoms with Gasteiger partial charge < -0.3 is 20.1 Å². The highest BCUT2D eigenvalue weighted by molar-refractivity contribution is 6.02. The minimum absolute atomic E-state index is 0.0327. The Kier molecular flexibility index (Phi) is 3.35. The number of ether oxygens (including phenoxy) is 1. The summed E-state index contributed by atoms with van der Waals surface area (Å²) in [7, 11) is 0. The van der Waals surface area contributed by atoms with Crippen molar-refractivity contribution >= 4 is 17.3 Å². The van der Waals surface area contributed by atoms with Crippen molar-refractivity contribution in [1.29, 1.82) is 0 Å². The summed E-state index contributed by atoms with van der Waals surface area (Å²) in [5.74, 6) is -0.933. The Morgan fingerprint density at radius 1 is 1.50 bits per heavy atom. The molecule has 2 heterocycles. The van der Waals surface area contributed by atoms with Gasteiger partial charge in [-0.05, 0) is 25.5 Å². The van der Waals surface area contributed by atoms with Crippen LogP contribution in [0.4, 0.5) is 15.8 Å². The molecule has 0 saturated carbocycles. The van der Waals surface area contributed by atoms with Crippen molar-refractivity contribution in [1.82, 2.24) is 0 Å². The summed E-state index contributed by atoms with van der Waals surface area (Å²) in [5.41, 5.74) is 1.22. The number of nitrogens with one attached hydrogen (secondary N) is 1. The second-order valence-electron chi connectivity index (χ2n) is 5.26. The van der Waals surface area contributed by atoms with E-state index in [0.29, 0.717) is 36.6 Å². The standard InChI is InChI=1S/C14H17FN2O3/c1-8-7-17(3-2-4-20-8)12-6-11-9(5-10(12)15)13(18)14(19)16-11/h5-6,8,13,18H,2-4,7H2,1H3,(H,16,19). The van der Waals surface area contributed by atoms with Crippen LogP contribution in [0, 0.1) is 5.82 Å². The Morgan fingerprint density at radius 2 is 2.30 bits per heavy atom. The molecule has 1 saturated heterocycles. The van der Waals surface area contributed by atoms with E-state index < -0.39 is 17.8 Å². The predicted octanol–water partition coefficient (Wildman–Crippen LogP) is 1.43. The van der Waals surface area contributed by atoms with Gasteiger partial charge in [0.1, 0.15) is 5.82 Å². The number of anilines is 2. The zero-order valence-electron chi connectivity index (χ0n) is 11.2. The van der Waals surface area contributed by atoms with Gasteiger partial charge in [-0.25, -0.2) is 4.39 Å². The molecule has 1 fully saturated rings. The topological polar surface area (TPSA) is 61.8 Å². The van der Waals surface area contributed by atoms with E-state index in [9.17, 15) is 14.3 Å². The summed E-state index contributed by atoms with van der Waals surface area (Å²) in [6, 6.07) is 2.83. The summed E-state index contributed by atoms with van der Waals surface area (Å²) < 4.78 is 19.8. The normalized spacial score (nSPS) is 26.1. The van der Waals surface area contributed by atoms with Crippen LogP contribution in [0.5, 0.6) is 0 Å². The summed E-state index contributed by atoms with van der Waals surface area (Å²) in [6.45, 7) is 3.93. The van der Waals surface area contributed by atoms with Crippen LogP contribution in [0.1, 0.15) is 25.0 Å². The van der Waals surface area contributed by atoms with Crippen LogP contribution in [-0.4, -0.2) is 36.8 Å². The number of halogens is 1. The van der Waals surface area contributed by atoms with Crippen molar-refractivity contribution in [3.8, 4) is 0 Å². The number of nitrogens with zero attached hydrogens (tertiary/aromatic N) is 1. The predicted molar refractivity (Wildman–Crippen MR) is 72.2 cm³/mol. The van der Waals surface area contributed by atoms with Crippen LogP contribution < -0.4 is 10.2 Å². The number of aliphatic hydroxyl groups is 1. The van der Waals surface area contributed by atoms with E-state index in [1.165, 1.54) is 6.07 Å². The zero-order valence-corrected chi connectivity index (χ0v) is 11.2. The maximum absolute atomic E-state index is 14.3. The third kappa shape index (κ3) is 2.25. The maximum Gasteiger partial charge on any atom is 0.257 e. The first-order chi connectivity index (χ1) is 9.56. The highest BCUT2D eigenvalue weighted by atomic mass is 19.1. The number of carbonyl (C=O) groups excluding carboxylic acids is 1. The van der Waals surface area contributed by atoms with Crippen LogP contribution in [0.15, 0.2) is 12.1 Å². The molecule has 1 aromatic carbocycles. The number of aliphatic hydroxyl groups excluding tert-OH is 1. The zero-order chi connectivity index (χ0) is 14.3. The highest BCUT2D eigenvalue weighted by Crippen LogP contribution is 2.36. The Balaban J connectivity index is 1.95.